The predicted molar refractivity (Wildman–Crippen MR) is 90.0 cm³/mol. The SMILES string of the molecule is COCCCN1C(=O)S/C(=C/c2cc(Cl)cc(Br)c2O)C1=O. The van der Waals surface area contributed by atoms with Crippen LogP contribution >= 0.6 is 39.3 Å². The molecular weight excluding hydrogens is 394 g/mol. The minimum Gasteiger partial charge on any atom is -0.506 e. The molecule has 0 unspecified atom stereocenters. The summed E-state index contributed by atoms with van der Waals surface area (Å²) in [5, 5.41) is 10.1. The van der Waals surface area contributed by atoms with Crippen LogP contribution < -0.4 is 0 Å². The number of thioether (sulfide) groups is 1. The van der Waals surface area contributed by atoms with Crippen LogP contribution in [-0.4, -0.2) is 41.4 Å². The van der Waals surface area contributed by atoms with Crippen molar-refractivity contribution < 1.29 is 19.4 Å². The molecule has 1 aliphatic rings. The Labute approximate surface area is 145 Å². The van der Waals surface area contributed by atoms with Crippen molar-refractivity contribution in [3.05, 3.63) is 32.1 Å². The maximum Gasteiger partial charge on any atom is 0.293 e. The molecule has 1 aliphatic heterocycles. The van der Waals surface area contributed by atoms with Crippen molar-refractivity contribution in [2.75, 3.05) is 20.3 Å². The number of aromatic hydroxyl groups is 1. The molecule has 8 heteroatoms. The van der Waals surface area contributed by atoms with E-state index in [1.165, 1.54) is 17.0 Å². The van der Waals surface area contributed by atoms with E-state index >= 15 is 0 Å². The Bertz CT molecular complexity index is 650. The highest BCUT2D eigenvalue weighted by Crippen LogP contribution is 2.37. The van der Waals surface area contributed by atoms with E-state index in [1.807, 2.05) is 0 Å². The number of ether oxygens (including phenoxy) is 1. The van der Waals surface area contributed by atoms with Crippen molar-refractivity contribution >= 4 is 56.5 Å². The quantitative estimate of drug-likeness (QED) is 0.594. The number of hydrogen-bond acceptors (Lipinski definition) is 5. The first-order valence-corrected chi connectivity index (χ1v) is 8.35. The Morgan fingerprint density at radius 3 is 2.86 bits per heavy atom. The first-order chi connectivity index (χ1) is 10.4. The van der Waals surface area contributed by atoms with Gasteiger partial charge in [-0.05, 0) is 52.3 Å². The number of rotatable bonds is 5. The number of phenolic OH excluding ortho intramolecular Hbond substituents is 1. The number of carbonyl (C=O) groups is 2. The molecule has 0 spiro atoms. The number of imide groups is 1. The van der Waals surface area contributed by atoms with Crippen molar-refractivity contribution in [1.82, 2.24) is 4.90 Å². The second-order valence-electron chi connectivity index (χ2n) is 4.51. The molecule has 1 aromatic rings. The van der Waals surface area contributed by atoms with Crippen molar-refractivity contribution in [2.24, 2.45) is 0 Å². The molecule has 1 heterocycles. The molecule has 0 saturated carbocycles. The van der Waals surface area contributed by atoms with Crippen molar-refractivity contribution in [3.63, 3.8) is 0 Å². The van der Waals surface area contributed by atoms with Crippen LogP contribution in [0.1, 0.15) is 12.0 Å². The summed E-state index contributed by atoms with van der Waals surface area (Å²) in [7, 11) is 1.56. The van der Waals surface area contributed by atoms with Gasteiger partial charge >= 0.3 is 0 Å². The third-order valence-corrected chi connectivity index (χ3v) is 4.68. The standard InChI is InChI=1S/C14H13BrClNO4S/c1-21-4-2-3-17-13(19)11(22-14(17)20)6-8-5-9(16)7-10(15)12(8)18/h5-7,18H,2-4H2,1H3/b11-6+. The van der Waals surface area contributed by atoms with Crippen LogP contribution in [0.25, 0.3) is 6.08 Å². The van der Waals surface area contributed by atoms with Crippen LogP contribution in [0, 0.1) is 0 Å². The number of nitrogens with zero attached hydrogens (tertiary/aromatic N) is 1. The van der Waals surface area contributed by atoms with E-state index in [0.717, 1.165) is 11.8 Å². The summed E-state index contributed by atoms with van der Waals surface area (Å²) in [6.07, 6.45) is 2.04. The van der Waals surface area contributed by atoms with Gasteiger partial charge in [-0.15, -0.1) is 0 Å². The first kappa shape index (κ1) is 17.3. The van der Waals surface area contributed by atoms with E-state index in [-0.39, 0.29) is 21.8 Å². The smallest absolute Gasteiger partial charge is 0.293 e. The molecule has 0 aliphatic carbocycles. The van der Waals surface area contributed by atoms with Gasteiger partial charge in [-0.1, -0.05) is 11.6 Å². The summed E-state index contributed by atoms with van der Waals surface area (Å²) >= 11 is 9.96. The molecule has 118 valence electrons. The van der Waals surface area contributed by atoms with E-state index in [2.05, 4.69) is 15.9 Å². The molecule has 1 saturated heterocycles. The topological polar surface area (TPSA) is 66.8 Å². The fourth-order valence-electron chi connectivity index (χ4n) is 1.90. The Morgan fingerprint density at radius 2 is 2.18 bits per heavy atom. The zero-order valence-corrected chi connectivity index (χ0v) is 14.8. The Morgan fingerprint density at radius 1 is 1.45 bits per heavy atom. The fraction of sp³-hybridized carbons (Fsp3) is 0.286. The third-order valence-electron chi connectivity index (χ3n) is 2.95. The first-order valence-electron chi connectivity index (χ1n) is 6.36. The summed E-state index contributed by atoms with van der Waals surface area (Å²) in [5.74, 6) is -0.405. The number of hydrogen-bond donors (Lipinski definition) is 1. The number of carbonyl (C=O) groups excluding carboxylic acids is 2. The van der Waals surface area contributed by atoms with E-state index in [9.17, 15) is 14.7 Å². The van der Waals surface area contributed by atoms with Gasteiger partial charge in [0.05, 0.1) is 9.38 Å². The second kappa shape index (κ2) is 7.50. The largest absolute Gasteiger partial charge is 0.506 e. The zero-order chi connectivity index (χ0) is 16.3. The highest BCUT2D eigenvalue weighted by molar-refractivity contribution is 9.10. The zero-order valence-electron chi connectivity index (χ0n) is 11.6. The van der Waals surface area contributed by atoms with Crippen LogP contribution in [0.2, 0.25) is 5.02 Å². The molecule has 1 N–H and O–H groups in total. The number of phenols is 1. The highest BCUT2D eigenvalue weighted by atomic mass is 79.9. The Balaban J connectivity index is 2.23. The van der Waals surface area contributed by atoms with Gasteiger partial charge in [-0.2, -0.15) is 0 Å². The van der Waals surface area contributed by atoms with E-state index in [1.54, 1.807) is 13.2 Å². The number of benzene rings is 1. The molecule has 0 aromatic heterocycles. The molecule has 1 fully saturated rings. The maximum atomic E-state index is 12.2. The lowest BCUT2D eigenvalue weighted by Gasteiger charge is -2.11. The summed E-state index contributed by atoms with van der Waals surface area (Å²) in [6, 6.07) is 3.07. The maximum absolute atomic E-state index is 12.2. The number of amides is 2. The van der Waals surface area contributed by atoms with Gasteiger partial charge in [0.25, 0.3) is 11.1 Å². The Kier molecular flexibility index (Phi) is 5.91. The van der Waals surface area contributed by atoms with E-state index in [4.69, 9.17) is 16.3 Å². The summed E-state index contributed by atoms with van der Waals surface area (Å²) in [5.41, 5.74) is 0.377. The molecule has 0 radical (unpaired) electrons. The van der Waals surface area contributed by atoms with Gasteiger partial charge in [0.1, 0.15) is 5.75 Å². The lowest BCUT2D eigenvalue weighted by molar-refractivity contribution is -0.122. The monoisotopic (exact) mass is 405 g/mol. The van der Waals surface area contributed by atoms with Gasteiger partial charge in [0, 0.05) is 30.8 Å². The average molecular weight is 407 g/mol. The van der Waals surface area contributed by atoms with Gasteiger partial charge < -0.3 is 9.84 Å². The molecule has 1 aromatic carbocycles. The minimum atomic E-state index is -0.374. The average Bonchev–Trinajstić information content (AvgIpc) is 2.72. The lowest BCUT2D eigenvalue weighted by atomic mass is 10.2. The number of halogens is 2. The van der Waals surface area contributed by atoms with Crippen molar-refractivity contribution in [2.45, 2.75) is 6.42 Å². The molecule has 5 nitrogen and oxygen atoms in total. The Hall–Kier alpha value is -1.02. The minimum absolute atomic E-state index is 0.0319. The molecule has 0 bridgehead atoms. The van der Waals surface area contributed by atoms with Crippen LogP contribution in [0.4, 0.5) is 4.79 Å². The normalized spacial score (nSPS) is 16.9. The van der Waals surface area contributed by atoms with Crippen molar-refractivity contribution in [1.29, 1.82) is 0 Å². The predicted octanol–water partition coefficient (Wildman–Crippen LogP) is 3.88. The second-order valence-corrected chi connectivity index (χ2v) is 6.79. The lowest BCUT2D eigenvalue weighted by Crippen LogP contribution is -2.29. The van der Waals surface area contributed by atoms with Crippen LogP contribution in [-0.2, 0) is 9.53 Å². The van der Waals surface area contributed by atoms with Crippen molar-refractivity contribution in [3.8, 4) is 5.75 Å². The molecule has 2 rings (SSSR count). The highest BCUT2D eigenvalue weighted by Gasteiger charge is 2.34. The summed E-state index contributed by atoms with van der Waals surface area (Å²) in [6.45, 7) is 0.782. The third kappa shape index (κ3) is 3.84. The molecular formula is C14H13BrClNO4S. The summed E-state index contributed by atoms with van der Waals surface area (Å²) in [4.78, 5) is 25.6. The molecule has 0 atom stereocenters. The van der Waals surface area contributed by atoms with Crippen LogP contribution in [0.15, 0.2) is 21.5 Å². The van der Waals surface area contributed by atoms with Gasteiger partial charge in [-0.3, -0.25) is 14.5 Å². The van der Waals surface area contributed by atoms with Crippen LogP contribution in [0.3, 0.4) is 0 Å². The summed E-state index contributed by atoms with van der Waals surface area (Å²) < 4.78 is 5.33. The van der Waals surface area contributed by atoms with Gasteiger partial charge in [0.15, 0.2) is 0 Å². The van der Waals surface area contributed by atoms with E-state index < -0.39 is 0 Å². The van der Waals surface area contributed by atoms with Crippen LogP contribution in [0.5, 0.6) is 5.75 Å². The molecule has 2 amide bonds. The van der Waals surface area contributed by atoms with E-state index in [0.29, 0.717) is 34.6 Å². The fourth-order valence-corrected chi connectivity index (χ4v) is 3.59. The number of methoxy groups -OCH3 is 1. The van der Waals surface area contributed by atoms with Gasteiger partial charge in [0.2, 0.25) is 0 Å². The van der Waals surface area contributed by atoms with Gasteiger partial charge in [-0.25, -0.2) is 0 Å². The molecule has 22 heavy (non-hydrogen) atoms.